The second kappa shape index (κ2) is 9.48. The Bertz CT molecular complexity index is 1120. The Balaban J connectivity index is 1.54. The van der Waals surface area contributed by atoms with Gasteiger partial charge in [-0.2, -0.15) is 4.98 Å². The van der Waals surface area contributed by atoms with Crippen LogP contribution in [0.15, 0.2) is 35.6 Å². The zero-order valence-corrected chi connectivity index (χ0v) is 18.9. The molecule has 0 spiro atoms. The Morgan fingerprint density at radius 1 is 1.24 bits per heavy atom. The van der Waals surface area contributed by atoms with Gasteiger partial charge < -0.3 is 20.3 Å². The van der Waals surface area contributed by atoms with E-state index in [1.54, 1.807) is 24.3 Å². The maximum absolute atomic E-state index is 13.0. The summed E-state index contributed by atoms with van der Waals surface area (Å²) in [6.07, 6.45) is 1.90. The van der Waals surface area contributed by atoms with E-state index in [0.717, 1.165) is 31.5 Å². The molecule has 0 bridgehead atoms. The highest BCUT2D eigenvalue weighted by Crippen LogP contribution is 2.31. The molecule has 4 rings (SSSR count). The summed E-state index contributed by atoms with van der Waals surface area (Å²) in [5.41, 5.74) is 1.13. The molecule has 1 aromatic heterocycles. The van der Waals surface area contributed by atoms with Gasteiger partial charge in [0.05, 0.1) is 18.1 Å². The summed E-state index contributed by atoms with van der Waals surface area (Å²) in [7, 11) is 0. The molecule has 0 aliphatic carbocycles. The van der Waals surface area contributed by atoms with Crippen molar-refractivity contribution in [3.8, 4) is 0 Å². The van der Waals surface area contributed by atoms with E-state index in [1.165, 1.54) is 0 Å². The third-order valence-corrected chi connectivity index (χ3v) is 6.13. The molecule has 1 fully saturated rings. The Kier molecular flexibility index (Phi) is 6.48. The molecule has 3 N–H and O–H groups in total. The average Bonchev–Trinajstić information content (AvgIpc) is 2.79. The molecule has 1 aromatic carbocycles. The van der Waals surface area contributed by atoms with Crippen LogP contribution in [0.1, 0.15) is 50.2 Å². The van der Waals surface area contributed by atoms with E-state index >= 15 is 0 Å². The van der Waals surface area contributed by atoms with Gasteiger partial charge in [0, 0.05) is 30.8 Å². The molecule has 2 aliphatic rings. The van der Waals surface area contributed by atoms with Crippen molar-refractivity contribution in [2.75, 3.05) is 35.2 Å². The fourth-order valence-electron chi connectivity index (χ4n) is 4.18. The first-order valence-electron chi connectivity index (χ1n) is 11.3. The summed E-state index contributed by atoms with van der Waals surface area (Å²) in [5.74, 6) is 0.0499. The molecule has 9 nitrogen and oxygen atoms in total. The SMILES string of the molecule is C=C(OCC)c1ccc(NC(=O)C2CC(=O)Nc3nc(N4CCC(C)CC4)[nH]c(=O)c32)cc1. The third-order valence-electron chi connectivity index (χ3n) is 6.13. The number of hydrogen-bond donors (Lipinski definition) is 3. The van der Waals surface area contributed by atoms with Gasteiger partial charge in [0.15, 0.2) is 0 Å². The molecule has 33 heavy (non-hydrogen) atoms. The van der Waals surface area contributed by atoms with Crippen LogP contribution in [0.5, 0.6) is 0 Å². The fourth-order valence-corrected chi connectivity index (χ4v) is 4.18. The van der Waals surface area contributed by atoms with Crippen LogP contribution in [0.2, 0.25) is 0 Å². The Hall–Kier alpha value is -3.62. The van der Waals surface area contributed by atoms with Crippen molar-refractivity contribution in [3.05, 3.63) is 52.3 Å². The summed E-state index contributed by atoms with van der Waals surface area (Å²) in [4.78, 5) is 47.7. The van der Waals surface area contributed by atoms with Gasteiger partial charge in [-0.25, -0.2) is 0 Å². The van der Waals surface area contributed by atoms with Crippen LogP contribution in [0.3, 0.4) is 0 Å². The minimum absolute atomic E-state index is 0.122. The van der Waals surface area contributed by atoms with Crippen LogP contribution in [0.25, 0.3) is 5.76 Å². The highest BCUT2D eigenvalue weighted by molar-refractivity contribution is 6.04. The number of fused-ring (bicyclic) bond motifs is 1. The second-order valence-electron chi connectivity index (χ2n) is 8.55. The van der Waals surface area contributed by atoms with Crippen molar-refractivity contribution in [1.29, 1.82) is 0 Å². The lowest BCUT2D eigenvalue weighted by Gasteiger charge is -2.31. The maximum Gasteiger partial charge on any atom is 0.258 e. The summed E-state index contributed by atoms with van der Waals surface area (Å²) in [6.45, 7) is 10.0. The number of carbonyl (C=O) groups excluding carboxylic acids is 2. The average molecular weight is 452 g/mol. The largest absolute Gasteiger partial charge is 0.494 e. The standard InChI is InChI=1S/C24H29N5O4/c1-4-33-15(3)16-5-7-17(8-6-16)25-22(31)18-13-19(30)26-21-20(18)23(32)28-24(27-21)29-11-9-14(2)10-12-29/h5-8,14,18H,3-4,9-13H2,1-2H3,(H,25,31)(H2,26,27,28,30,32). The smallest absolute Gasteiger partial charge is 0.258 e. The summed E-state index contributed by atoms with van der Waals surface area (Å²) >= 11 is 0. The molecule has 2 aliphatic heterocycles. The molecule has 2 amide bonds. The number of nitrogens with one attached hydrogen (secondary N) is 3. The number of rotatable bonds is 6. The third kappa shape index (κ3) is 4.92. The minimum atomic E-state index is -0.932. The maximum atomic E-state index is 13.0. The number of carbonyl (C=O) groups is 2. The van der Waals surface area contributed by atoms with E-state index in [-0.39, 0.29) is 23.7 Å². The molecule has 174 valence electrons. The molecule has 1 atom stereocenters. The molecular weight excluding hydrogens is 422 g/mol. The summed E-state index contributed by atoms with van der Waals surface area (Å²) in [5, 5.41) is 5.47. The number of hydrogen-bond acceptors (Lipinski definition) is 6. The van der Waals surface area contributed by atoms with Gasteiger partial charge in [-0.05, 0) is 49.9 Å². The summed E-state index contributed by atoms with van der Waals surface area (Å²) < 4.78 is 5.39. The van der Waals surface area contributed by atoms with Gasteiger partial charge in [0.2, 0.25) is 17.8 Å². The fraction of sp³-hybridized carbons (Fsp3) is 0.417. The molecular formula is C24H29N5O4. The van der Waals surface area contributed by atoms with Gasteiger partial charge in [-0.15, -0.1) is 0 Å². The van der Waals surface area contributed by atoms with Crippen LogP contribution in [0, 0.1) is 5.92 Å². The lowest BCUT2D eigenvalue weighted by Crippen LogP contribution is -2.39. The van der Waals surface area contributed by atoms with Crippen molar-refractivity contribution in [1.82, 2.24) is 9.97 Å². The monoisotopic (exact) mass is 451 g/mol. The van der Waals surface area contributed by atoms with E-state index in [0.29, 0.717) is 29.9 Å². The highest BCUT2D eigenvalue weighted by Gasteiger charge is 2.35. The lowest BCUT2D eigenvalue weighted by molar-refractivity contribution is -0.123. The van der Waals surface area contributed by atoms with Crippen LogP contribution in [-0.4, -0.2) is 41.5 Å². The zero-order chi connectivity index (χ0) is 23.5. The predicted molar refractivity (Wildman–Crippen MR) is 127 cm³/mol. The molecule has 2 aromatic rings. The first-order valence-corrected chi connectivity index (χ1v) is 11.3. The van der Waals surface area contributed by atoms with E-state index in [2.05, 4.69) is 34.1 Å². The van der Waals surface area contributed by atoms with Crippen molar-refractivity contribution in [2.45, 2.75) is 39.0 Å². The van der Waals surface area contributed by atoms with Gasteiger partial charge in [0.25, 0.3) is 5.56 Å². The van der Waals surface area contributed by atoms with Crippen molar-refractivity contribution in [2.24, 2.45) is 5.92 Å². The number of benzene rings is 1. The number of H-pyrrole nitrogens is 1. The van der Waals surface area contributed by atoms with Crippen molar-refractivity contribution in [3.63, 3.8) is 0 Å². The number of amides is 2. The van der Waals surface area contributed by atoms with Crippen LogP contribution in [-0.2, 0) is 14.3 Å². The first kappa shape index (κ1) is 22.6. The van der Waals surface area contributed by atoms with Gasteiger partial charge in [-0.1, -0.05) is 13.5 Å². The van der Waals surface area contributed by atoms with Gasteiger partial charge >= 0.3 is 0 Å². The van der Waals surface area contributed by atoms with E-state index < -0.39 is 17.4 Å². The van der Waals surface area contributed by atoms with E-state index in [9.17, 15) is 14.4 Å². The topological polar surface area (TPSA) is 116 Å². The van der Waals surface area contributed by atoms with E-state index in [1.807, 2.05) is 11.8 Å². The zero-order valence-electron chi connectivity index (χ0n) is 18.9. The number of aromatic nitrogens is 2. The molecule has 0 radical (unpaired) electrons. The number of piperidine rings is 1. The Labute approximate surface area is 192 Å². The summed E-state index contributed by atoms with van der Waals surface area (Å²) in [6, 6.07) is 7.03. The minimum Gasteiger partial charge on any atom is -0.494 e. The molecule has 1 saturated heterocycles. The molecule has 0 saturated carbocycles. The number of aromatic amines is 1. The highest BCUT2D eigenvalue weighted by atomic mass is 16.5. The molecule has 1 unspecified atom stereocenters. The number of ether oxygens (including phenoxy) is 1. The van der Waals surface area contributed by atoms with Gasteiger partial charge in [-0.3, -0.25) is 19.4 Å². The van der Waals surface area contributed by atoms with Crippen molar-refractivity contribution < 1.29 is 14.3 Å². The lowest BCUT2D eigenvalue weighted by atomic mass is 9.92. The van der Waals surface area contributed by atoms with Gasteiger partial charge in [0.1, 0.15) is 11.6 Å². The molecule has 3 heterocycles. The second-order valence-corrected chi connectivity index (χ2v) is 8.55. The van der Waals surface area contributed by atoms with Crippen molar-refractivity contribution >= 4 is 35.0 Å². The van der Waals surface area contributed by atoms with Crippen LogP contribution in [0.4, 0.5) is 17.5 Å². The number of nitrogens with zero attached hydrogens (tertiary/aromatic N) is 2. The quantitative estimate of drug-likeness (QED) is 0.581. The Morgan fingerprint density at radius 3 is 2.61 bits per heavy atom. The van der Waals surface area contributed by atoms with E-state index in [4.69, 9.17) is 4.74 Å². The molecule has 9 heteroatoms. The Morgan fingerprint density at radius 2 is 1.94 bits per heavy atom. The predicted octanol–water partition coefficient (Wildman–Crippen LogP) is 3.08. The normalized spacial score (nSPS) is 18.3. The van der Waals surface area contributed by atoms with Crippen LogP contribution < -0.4 is 21.1 Å². The number of anilines is 3. The first-order chi connectivity index (χ1) is 15.9. The van der Waals surface area contributed by atoms with Crippen LogP contribution >= 0.6 is 0 Å².